The van der Waals surface area contributed by atoms with Gasteiger partial charge in [0.1, 0.15) is 14.8 Å². The van der Waals surface area contributed by atoms with Crippen molar-refractivity contribution in [2.45, 2.75) is 18.1 Å². The fraction of sp³-hybridized carbons (Fsp3) is 0.214. The summed E-state index contributed by atoms with van der Waals surface area (Å²) in [4.78, 5) is 11.0. The van der Waals surface area contributed by atoms with E-state index in [2.05, 4.69) is 4.72 Å². The number of anilines is 1. The van der Waals surface area contributed by atoms with Crippen LogP contribution in [0.4, 0.5) is 5.69 Å². The average molecular weight is 376 g/mol. The summed E-state index contributed by atoms with van der Waals surface area (Å²) in [5, 5.41) is 9.29. The predicted molar refractivity (Wildman–Crippen MR) is 89.4 cm³/mol. The maximum absolute atomic E-state index is 12.3. The number of aryl methyl sites for hydroxylation is 1. The molecule has 0 aliphatic heterocycles. The van der Waals surface area contributed by atoms with E-state index >= 15 is 0 Å². The lowest BCUT2D eigenvalue weighted by atomic mass is 10.3. The van der Waals surface area contributed by atoms with E-state index in [-0.39, 0.29) is 19.8 Å². The highest BCUT2D eigenvalue weighted by atomic mass is 35.5. The molecule has 23 heavy (non-hydrogen) atoms. The number of carboxylic acids is 1. The standard InChI is InChI=1S/C14H14ClNO5S2/c1-3-21-11-5-4-9(7-10(11)15)16-23(19,20)12-6-8(2)13(22-12)14(17)18/h4-7,16H,3H2,1-2H3,(H,17,18). The van der Waals surface area contributed by atoms with Crippen LogP contribution in [-0.2, 0) is 10.0 Å². The number of halogens is 1. The smallest absolute Gasteiger partial charge is 0.346 e. The van der Waals surface area contributed by atoms with Gasteiger partial charge in [-0.05, 0) is 43.7 Å². The Bertz CT molecular complexity index is 845. The summed E-state index contributed by atoms with van der Waals surface area (Å²) in [5.41, 5.74) is 0.661. The molecule has 2 N–H and O–H groups in total. The number of aromatic carboxylic acids is 1. The molecule has 0 atom stereocenters. The highest BCUT2D eigenvalue weighted by Gasteiger charge is 2.22. The molecule has 0 amide bonds. The van der Waals surface area contributed by atoms with Crippen molar-refractivity contribution >= 4 is 44.6 Å². The Morgan fingerprint density at radius 1 is 1.39 bits per heavy atom. The number of thiophene rings is 1. The minimum atomic E-state index is -3.88. The summed E-state index contributed by atoms with van der Waals surface area (Å²) < 4.78 is 32.3. The monoisotopic (exact) mass is 375 g/mol. The van der Waals surface area contributed by atoms with Gasteiger partial charge in [-0.3, -0.25) is 4.72 Å². The summed E-state index contributed by atoms with van der Waals surface area (Å²) in [6.07, 6.45) is 0. The van der Waals surface area contributed by atoms with Gasteiger partial charge in [0.05, 0.1) is 17.3 Å². The first-order valence-electron chi connectivity index (χ1n) is 6.53. The van der Waals surface area contributed by atoms with E-state index in [1.54, 1.807) is 13.0 Å². The number of rotatable bonds is 6. The number of sulfonamides is 1. The summed E-state index contributed by atoms with van der Waals surface area (Å²) in [7, 11) is -3.88. The van der Waals surface area contributed by atoms with Crippen molar-refractivity contribution in [2.24, 2.45) is 0 Å². The van der Waals surface area contributed by atoms with Crippen molar-refractivity contribution in [3.63, 3.8) is 0 Å². The quantitative estimate of drug-likeness (QED) is 0.804. The SMILES string of the molecule is CCOc1ccc(NS(=O)(=O)c2cc(C)c(C(=O)O)s2)cc1Cl. The Morgan fingerprint density at radius 3 is 2.61 bits per heavy atom. The molecule has 0 radical (unpaired) electrons. The molecular formula is C14H14ClNO5S2. The summed E-state index contributed by atoms with van der Waals surface area (Å²) in [5.74, 6) is -0.699. The zero-order chi connectivity index (χ0) is 17.2. The first-order valence-corrected chi connectivity index (χ1v) is 9.21. The predicted octanol–water partition coefficient (Wildman–Crippen LogP) is 3.61. The number of hydrogen-bond donors (Lipinski definition) is 2. The molecule has 0 aliphatic rings. The largest absolute Gasteiger partial charge is 0.492 e. The number of carbonyl (C=O) groups is 1. The van der Waals surface area contributed by atoms with Gasteiger partial charge in [0.25, 0.3) is 10.0 Å². The van der Waals surface area contributed by atoms with E-state index in [4.69, 9.17) is 21.4 Å². The number of nitrogens with one attached hydrogen (secondary N) is 1. The minimum absolute atomic E-state index is 0.00454. The Labute approximate surface area is 142 Å². The van der Waals surface area contributed by atoms with Crippen LogP contribution in [0.5, 0.6) is 5.75 Å². The fourth-order valence-corrected chi connectivity index (χ4v) is 4.50. The van der Waals surface area contributed by atoms with Gasteiger partial charge in [0.2, 0.25) is 0 Å². The van der Waals surface area contributed by atoms with Crippen LogP contribution in [0.25, 0.3) is 0 Å². The second-order valence-corrected chi connectivity index (χ2v) is 7.94. The zero-order valence-corrected chi connectivity index (χ0v) is 14.7. The van der Waals surface area contributed by atoms with Crippen molar-refractivity contribution in [2.75, 3.05) is 11.3 Å². The molecule has 0 saturated heterocycles. The van der Waals surface area contributed by atoms with Crippen LogP contribution in [0.1, 0.15) is 22.2 Å². The van der Waals surface area contributed by atoms with E-state index in [1.807, 2.05) is 6.92 Å². The van der Waals surface area contributed by atoms with Gasteiger partial charge in [-0.25, -0.2) is 13.2 Å². The molecule has 0 unspecified atom stereocenters. The molecule has 124 valence electrons. The van der Waals surface area contributed by atoms with Crippen molar-refractivity contribution in [3.05, 3.63) is 39.7 Å². The molecule has 0 aliphatic carbocycles. The van der Waals surface area contributed by atoms with Crippen LogP contribution in [-0.4, -0.2) is 26.1 Å². The number of carboxylic acid groups (broad SMARTS) is 1. The molecular weight excluding hydrogens is 362 g/mol. The number of benzene rings is 1. The number of hydrogen-bond acceptors (Lipinski definition) is 5. The molecule has 1 aromatic heterocycles. The molecule has 9 heteroatoms. The highest BCUT2D eigenvalue weighted by Crippen LogP contribution is 2.31. The van der Waals surface area contributed by atoms with Gasteiger partial charge in [-0.2, -0.15) is 0 Å². The lowest BCUT2D eigenvalue weighted by Gasteiger charge is -2.09. The van der Waals surface area contributed by atoms with Crippen molar-refractivity contribution in [1.82, 2.24) is 0 Å². The maximum Gasteiger partial charge on any atom is 0.346 e. The molecule has 2 aromatic rings. The lowest BCUT2D eigenvalue weighted by molar-refractivity contribution is 0.0701. The van der Waals surface area contributed by atoms with Crippen LogP contribution >= 0.6 is 22.9 Å². The van der Waals surface area contributed by atoms with Gasteiger partial charge in [-0.1, -0.05) is 11.6 Å². The Hall–Kier alpha value is -1.77. The minimum Gasteiger partial charge on any atom is -0.492 e. The summed E-state index contributed by atoms with van der Waals surface area (Å²) in [6, 6.07) is 5.84. The lowest BCUT2D eigenvalue weighted by Crippen LogP contribution is -2.11. The second-order valence-electron chi connectivity index (χ2n) is 4.57. The third-order valence-corrected chi connectivity index (χ3v) is 6.21. The molecule has 0 saturated carbocycles. The molecule has 1 heterocycles. The van der Waals surface area contributed by atoms with E-state index in [9.17, 15) is 13.2 Å². The van der Waals surface area contributed by atoms with Gasteiger partial charge < -0.3 is 9.84 Å². The maximum atomic E-state index is 12.3. The van der Waals surface area contributed by atoms with Crippen molar-refractivity contribution in [1.29, 1.82) is 0 Å². The van der Waals surface area contributed by atoms with E-state index < -0.39 is 16.0 Å². The first kappa shape index (κ1) is 17.6. The van der Waals surface area contributed by atoms with Crippen LogP contribution in [0.15, 0.2) is 28.5 Å². The summed E-state index contributed by atoms with van der Waals surface area (Å²) in [6.45, 7) is 3.80. The highest BCUT2D eigenvalue weighted by molar-refractivity contribution is 7.94. The van der Waals surface area contributed by atoms with E-state index in [0.717, 1.165) is 0 Å². The average Bonchev–Trinajstić information content (AvgIpc) is 2.85. The molecule has 0 spiro atoms. The van der Waals surface area contributed by atoms with Crippen molar-refractivity contribution < 1.29 is 23.1 Å². The van der Waals surface area contributed by atoms with Crippen LogP contribution < -0.4 is 9.46 Å². The van der Waals surface area contributed by atoms with Crippen LogP contribution in [0, 0.1) is 6.92 Å². The molecule has 0 fully saturated rings. The third kappa shape index (κ3) is 3.95. The molecule has 2 rings (SSSR count). The van der Waals surface area contributed by atoms with Crippen molar-refractivity contribution in [3.8, 4) is 5.75 Å². The molecule has 0 bridgehead atoms. The third-order valence-electron chi connectivity index (χ3n) is 2.84. The summed E-state index contributed by atoms with van der Waals surface area (Å²) >= 11 is 6.72. The van der Waals surface area contributed by atoms with Gasteiger partial charge in [0.15, 0.2) is 0 Å². The second kappa shape index (κ2) is 6.77. The Morgan fingerprint density at radius 2 is 2.09 bits per heavy atom. The molecule has 6 nitrogen and oxygen atoms in total. The van der Waals surface area contributed by atoms with Crippen LogP contribution in [0.2, 0.25) is 5.02 Å². The van der Waals surface area contributed by atoms with Gasteiger partial charge >= 0.3 is 5.97 Å². The normalized spacial score (nSPS) is 11.3. The fourth-order valence-electron chi connectivity index (χ4n) is 1.84. The number of ether oxygens (including phenoxy) is 1. The van der Waals surface area contributed by atoms with E-state index in [0.29, 0.717) is 29.3 Å². The zero-order valence-electron chi connectivity index (χ0n) is 12.3. The Kier molecular flexibility index (Phi) is 5.18. The van der Waals surface area contributed by atoms with Gasteiger partial charge in [-0.15, -0.1) is 11.3 Å². The Balaban J connectivity index is 2.29. The van der Waals surface area contributed by atoms with E-state index in [1.165, 1.54) is 18.2 Å². The van der Waals surface area contributed by atoms with Gasteiger partial charge in [0, 0.05) is 0 Å². The van der Waals surface area contributed by atoms with Crippen LogP contribution in [0.3, 0.4) is 0 Å². The molecule has 1 aromatic carbocycles. The first-order chi connectivity index (χ1) is 10.7. The topological polar surface area (TPSA) is 92.7 Å².